The van der Waals surface area contributed by atoms with Crippen molar-refractivity contribution in [3.8, 4) is 0 Å². The van der Waals surface area contributed by atoms with Crippen LogP contribution in [0, 0.1) is 5.82 Å². The van der Waals surface area contributed by atoms with Crippen LogP contribution in [-0.2, 0) is 5.75 Å². The molecule has 0 aliphatic heterocycles. The van der Waals surface area contributed by atoms with Crippen LogP contribution in [0.5, 0.6) is 0 Å². The fourth-order valence-electron chi connectivity index (χ4n) is 1.38. The Bertz CT molecular complexity index is 563. The summed E-state index contributed by atoms with van der Waals surface area (Å²) in [5.74, 6) is -1.32. The summed E-state index contributed by atoms with van der Waals surface area (Å²) in [6.45, 7) is 0. The van der Waals surface area contributed by atoms with Gasteiger partial charge in [0.1, 0.15) is 5.82 Å². The third-order valence-electron chi connectivity index (χ3n) is 2.20. The standard InChI is InChI=1S/C12H9FN2O2S/c13-9-3-2-8(10(6-9)11(16)17)7-18-12-14-4-1-5-15-12/h1-6H,7H2,(H,16,17). The fourth-order valence-corrected chi connectivity index (χ4v) is 2.18. The molecule has 0 radical (unpaired) electrons. The van der Waals surface area contributed by atoms with Crippen molar-refractivity contribution in [2.24, 2.45) is 0 Å². The summed E-state index contributed by atoms with van der Waals surface area (Å²) >= 11 is 1.30. The van der Waals surface area contributed by atoms with Gasteiger partial charge in [0.15, 0.2) is 5.16 Å². The Hall–Kier alpha value is -1.95. The number of carboxylic acid groups (broad SMARTS) is 1. The molecule has 0 bridgehead atoms. The average Bonchev–Trinajstić information content (AvgIpc) is 2.38. The lowest BCUT2D eigenvalue weighted by molar-refractivity contribution is 0.0695. The molecule has 0 unspecified atom stereocenters. The zero-order chi connectivity index (χ0) is 13.0. The molecule has 1 aromatic heterocycles. The van der Waals surface area contributed by atoms with Gasteiger partial charge < -0.3 is 5.11 Å². The van der Waals surface area contributed by atoms with E-state index in [1.165, 1.54) is 23.9 Å². The van der Waals surface area contributed by atoms with E-state index in [0.29, 0.717) is 16.5 Å². The first-order chi connectivity index (χ1) is 8.66. The van der Waals surface area contributed by atoms with E-state index < -0.39 is 11.8 Å². The van der Waals surface area contributed by atoms with Crippen molar-refractivity contribution in [1.82, 2.24) is 9.97 Å². The highest BCUT2D eigenvalue weighted by atomic mass is 32.2. The van der Waals surface area contributed by atoms with E-state index in [9.17, 15) is 9.18 Å². The zero-order valence-corrected chi connectivity index (χ0v) is 10.0. The summed E-state index contributed by atoms with van der Waals surface area (Å²) in [5, 5.41) is 9.53. The van der Waals surface area contributed by atoms with Crippen LogP contribution in [0.25, 0.3) is 0 Å². The Morgan fingerprint density at radius 2 is 2.06 bits per heavy atom. The van der Waals surface area contributed by atoms with Crippen LogP contribution < -0.4 is 0 Å². The minimum Gasteiger partial charge on any atom is -0.478 e. The van der Waals surface area contributed by atoms with Gasteiger partial charge in [-0.05, 0) is 23.8 Å². The van der Waals surface area contributed by atoms with Crippen molar-refractivity contribution in [2.75, 3.05) is 0 Å². The number of benzene rings is 1. The van der Waals surface area contributed by atoms with Gasteiger partial charge in [-0.25, -0.2) is 19.2 Å². The van der Waals surface area contributed by atoms with Crippen LogP contribution in [0.2, 0.25) is 0 Å². The highest BCUT2D eigenvalue weighted by Gasteiger charge is 2.11. The van der Waals surface area contributed by atoms with Gasteiger partial charge in [-0.2, -0.15) is 0 Å². The molecule has 0 amide bonds. The quantitative estimate of drug-likeness (QED) is 0.679. The molecule has 18 heavy (non-hydrogen) atoms. The second-order valence-electron chi connectivity index (χ2n) is 3.43. The predicted molar refractivity (Wildman–Crippen MR) is 65.0 cm³/mol. The van der Waals surface area contributed by atoms with Crippen LogP contribution in [-0.4, -0.2) is 21.0 Å². The fraction of sp³-hybridized carbons (Fsp3) is 0.0833. The maximum Gasteiger partial charge on any atom is 0.336 e. The molecular formula is C12H9FN2O2S. The van der Waals surface area contributed by atoms with Crippen LogP contribution in [0.15, 0.2) is 41.8 Å². The molecule has 0 aliphatic carbocycles. The van der Waals surface area contributed by atoms with E-state index in [2.05, 4.69) is 9.97 Å². The van der Waals surface area contributed by atoms with E-state index in [0.717, 1.165) is 6.07 Å². The molecule has 0 saturated heterocycles. The van der Waals surface area contributed by atoms with Crippen molar-refractivity contribution in [3.63, 3.8) is 0 Å². The summed E-state index contributed by atoms with van der Waals surface area (Å²) in [6, 6.07) is 5.43. The molecule has 1 heterocycles. The molecule has 0 saturated carbocycles. The number of aromatic nitrogens is 2. The number of carboxylic acids is 1. The lowest BCUT2D eigenvalue weighted by Gasteiger charge is -2.05. The second-order valence-corrected chi connectivity index (χ2v) is 4.37. The molecule has 0 atom stereocenters. The Kier molecular flexibility index (Phi) is 3.88. The molecule has 1 N–H and O–H groups in total. The smallest absolute Gasteiger partial charge is 0.336 e. The lowest BCUT2D eigenvalue weighted by atomic mass is 10.1. The van der Waals surface area contributed by atoms with Crippen molar-refractivity contribution < 1.29 is 14.3 Å². The number of rotatable bonds is 4. The van der Waals surface area contributed by atoms with Gasteiger partial charge in [0.2, 0.25) is 0 Å². The van der Waals surface area contributed by atoms with Gasteiger partial charge in [0.05, 0.1) is 5.56 Å². The SMILES string of the molecule is O=C(O)c1cc(F)ccc1CSc1ncccn1. The number of thioether (sulfide) groups is 1. The van der Waals surface area contributed by atoms with Gasteiger partial charge in [-0.3, -0.25) is 0 Å². The summed E-state index contributed by atoms with van der Waals surface area (Å²) in [5.41, 5.74) is 0.514. The van der Waals surface area contributed by atoms with E-state index in [4.69, 9.17) is 5.11 Å². The Balaban J connectivity index is 2.17. The van der Waals surface area contributed by atoms with Gasteiger partial charge >= 0.3 is 5.97 Å². The largest absolute Gasteiger partial charge is 0.478 e. The first-order valence-electron chi connectivity index (χ1n) is 5.08. The van der Waals surface area contributed by atoms with Crippen LogP contribution >= 0.6 is 11.8 Å². The second kappa shape index (κ2) is 5.59. The predicted octanol–water partition coefficient (Wildman–Crippen LogP) is 2.61. The van der Waals surface area contributed by atoms with Crippen molar-refractivity contribution in [3.05, 3.63) is 53.6 Å². The molecule has 0 spiro atoms. The van der Waals surface area contributed by atoms with Crippen molar-refractivity contribution >= 4 is 17.7 Å². The van der Waals surface area contributed by atoms with E-state index >= 15 is 0 Å². The minimum atomic E-state index is -1.14. The Morgan fingerprint density at radius 3 is 2.72 bits per heavy atom. The van der Waals surface area contributed by atoms with Crippen LogP contribution in [0.4, 0.5) is 4.39 Å². The topological polar surface area (TPSA) is 63.1 Å². The highest BCUT2D eigenvalue weighted by Crippen LogP contribution is 2.21. The molecule has 4 nitrogen and oxygen atoms in total. The van der Waals surface area contributed by atoms with Crippen molar-refractivity contribution in [2.45, 2.75) is 10.9 Å². The van der Waals surface area contributed by atoms with E-state index in [1.54, 1.807) is 18.5 Å². The molecular weight excluding hydrogens is 255 g/mol. The van der Waals surface area contributed by atoms with Crippen molar-refractivity contribution in [1.29, 1.82) is 0 Å². The normalized spacial score (nSPS) is 10.3. The van der Waals surface area contributed by atoms with Gasteiger partial charge in [-0.1, -0.05) is 17.8 Å². The number of nitrogens with zero attached hydrogens (tertiary/aromatic N) is 2. The number of hydrogen-bond donors (Lipinski definition) is 1. The lowest BCUT2D eigenvalue weighted by Crippen LogP contribution is -2.02. The molecule has 2 rings (SSSR count). The number of halogens is 1. The third kappa shape index (κ3) is 3.04. The first kappa shape index (κ1) is 12.5. The highest BCUT2D eigenvalue weighted by molar-refractivity contribution is 7.98. The first-order valence-corrected chi connectivity index (χ1v) is 6.07. The molecule has 6 heteroatoms. The molecule has 92 valence electrons. The summed E-state index contributed by atoms with van der Waals surface area (Å²) in [6.07, 6.45) is 3.22. The van der Waals surface area contributed by atoms with Gasteiger partial charge in [0, 0.05) is 18.1 Å². The average molecular weight is 264 g/mol. The van der Waals surface area contributed by atoms with Crippen LogP contribution in [0.3, 0.4) is 0 Å². The molecule has 1 aromatic carbocycles. The summed E-state index contributed by atoms with van der Waals surface area (Å²) < 4.78 is 13.0. The number of hydrogen-bond acceptors (Lipinski definition) is 4. The van der Waals surface area contributed by atoms with E-state index in [-0.39, 0.29) is 5.56 Å². The summed E-state index contributed by atoms with van der Waals surface area (Å²) in [7, 11) is 0. The summed E-state index contributed by atoms with van der Waals surface area (Å²) in [4.78, 5) is 19.0. The third-order valence-corrected chi connectivity index (χ3v) is 3.13. The maximum atomic E-state index is 13.0. The number of aromatic carboxylic acids is 1. The van der Waals surface area contributed by atoms with Gasteiger partial charge in [0.25, 0.3) is 0 Å². The number of carbonyl (C=O) groups is 1. The van der Waals surface area contributed by atoms with Gasteiger partial charge in [-0.15, -0.1) is 0 Å². The van der Waals surface area contributed by atoms with E-state index in [1.807, 2.05) is 0 Å². The Morgan fingerprint density at radius 1 is 1.33 bits per heavy atom. The monoisotopic (exact) mass is 264 g/mol. The minimum absolute atomic E-state index is 0.0292. The Labute approximate surface area is 107 Å². The van der Waals surface area contributed by atoms with Crippen LogP contribution in [0.1, 0.15) is 15.9 Å². The zero-order valence-electron chi connectivity index (χ0n) is 9.21. The molecule has 0 fully saturated rings. The molecule has 2 aromatic rings. The molecule has 0 aliphatic rings. The maximum absolute atomic E-state index is 13.0.